The Hall–Kier alpha value is -0.892. The lowest BCUT2D eigenvalue weighted by Gasteiger charge is -2.31. The van der Waals surface area contributed by atoms with E-state index in [-0.39, 0.29) is 0 Å². The van der Waals surface area contributed by atoms with Gasteiger partial charge in [0.1, 0.15) is 0 Å². The van der Waals surface area contributed by atoms with Crippen molar-refractivity contribution in [2.24, 2.45) is 0 Å². The van der Waals surface area contributed by atoms with E-state index in [1.54, 1.807) is 0 Å². The molecule has 1 aliphatic heterocycles. The fourth-order valence-corrected chi connectivity index (χ4v) is 18.4. The summed E-state index contributed by atoms with van der Waals surface area (Å²) in [6.07, 6.45) is 13.6. The first-order valence-corrected chi connectivity index (χ1v) is 23.4. The summed E-state index contributed by atoms with van der Waals surface area (Å²) < 4.78 is 0. The first-order valence-electron chi connectivity index (χ1n) is 12.2. The van der Waals surface area contributed by atoms with E-state index in [0.29, 0.717) is 0 Å². The summed E-state index contributed by atoms with van der Waals surface area (Å²) in [6, 6.07) is 0. The third kappa shape index (κ3) is 6.08. The van der Waals surface area contributed by atoms with Gasteiger partial charge in [0, 0.05) is 0 Å². The second kappa shape index (κ2) is 9.31. The van der Waals surface area contributed by atoms with Crippen LogP contribution in [0, 0.1) is 44.3 Å². The van der Waals surface area contributed by atoms with Crippen LogP contribution in [0.15, 0.2) is 0 Å². The van der Waals surface area contributed by atoms with Crippen molar-refractivity contribution in [1.29, 1.82) is 0 Å². The van der Waals surface area contributed by atoms with E-state index in [0.717, 1.165) is 11.1 Å². The molecule has 3 rings (SSSR count). The topological polar surface area (TPSA) is 0 Å². The van der Waals surface area contributed by atoms with Gasteiger partial charge in [-0.05, 0) is 50.4 Å². The van der Waals surface area contributed by atoms with Gasteiger partial charge in [0.05, 0.1) is 0 Å². The molecule has 0 aromatic rings. The zero-order chi connectivity index (χ0) is 21.9. The molecule has 0 nitrogen and oxygen atoms in total. The Bertz CT molecular complexity index is 762. The maximum absolute atomic E-state index is 3.88. The van der Waals surface area contributed by atoms with Crippen LogP contribution in [-0.2, 0) is 0 Å². The van der Waals surface area contributed by atoms with E-state index in [1.807, 2.05) is 0 Å². The molecule has 0 amide bonds. The van der Waals surface area contributed by atoms with E-state index < -0.39 is 32.3 Å². The normalized spacial score (nSPS) is 33.5. The average Bonchev–Trinajstić information content (AvgIpc) is 2.75. The maximum atomic E-state index is 3.88. The standard InChI is InChI=1S/C26H40Si4/c1-27(2)17-21-29(5,25-13-9-7-10-14-25)23-19-28(3,4)20-24-30(6,22-18-27)26-15-11-8-12-16-26/h25-26H,7-16H2,1-6H3. The zero-order valence-electron chi connectivity index (χ0n) is 20.2. The Morgan fingerprint density at radius 2 is 0.667 bits per heavy atom. The van der Waals surface area contributed by atoms with Crippen molar-refractivity contribution >= 4 is 32.3 Å². The summed E-state index contributed by atoms with van der Waals surface area (Å²) in [6.45, 7) is 14.3. The Labute approximate surface area is 190 Å². The van der Waals surface area contributed by atoms with E-state index in [1.165, 1.54) is 64.2 Å². The Morgan fingerprint density at radius 1 is 0.400 bits per heavy atom. The lowest BCUT2D eigenvalue weighted by molar-refractivity contribution is 0.496. The molecule has 30 heavy (non-hydrogen) atoms. The van der Waals surface area contributed by atoms with Crippen LogP contribution >= 0.6 is 0 Å². The van der Waals surface area contributed by atoms with Crippen molar-refractivity contribution in [2.45, 2.75) is 115 Å². The second-order valence-electron chi connectivity index (χ2n) is 11.3. The van der Waals surface area contributed by atoms with Gasteiger partial charge in [-0.25, -0.2) is 0 Å². The molecule has 0 spiro atoms. The van der Waals surface area contributed by atoms with Crippen molar-refractivity contribution in [2.75, 3.05) is 0 Å². The predicted octanol–water partition coefficient (Wildman–Crippen LogP) is 6.57. The van der Waals surface area contributed by atoms with Crippen LogP contribution in [0.1, 0.15) is 64.2 Å². The molecule has 0 aromatic carbocycles. The fraction of sp³-hybridized carbons (Fsp3) is 0.692. The van der Waals surface area contributed by atoms with Crippen molar-refractivity contribution in [3.05, 3.63) is 0 Å². The van der Waals surface area contributed by atoms with Crippen molar-refractivity contribution < 1.29 is 0 Å². The molecule has 0 bridgehead atoms. The molecule has 0 saturated heterocycles. The quantitative estimate of drug-likeness (QED) is 0.320. The summed E-state index contributed by atoms with van der Waals surface area (Å²) >= 11 is 0. The maximum Gasteiger partial charge on any atom is 0.215 e. The van der Waals surface area contributed by atoms with Gasteiger partial charge in [-0.1, -0.05) is 64.2 Å². The minimum Gasteiger partial charge on any atom is -0.122 e. The number of rotatable bonds is 2. The molecule has 0 N–H and O–H groups in total. The zero-order valence-corrected chi connectivity index (χ0v) is 24.2. The highest BCUT2D eigenvalue weighted by atomic mass is 28.3. The summed E-state index contributed by atoms with van der Waals surface area (Å²) in [5, 5.41) is 0. The Kier molecular flexibility index (Phi) is 7.37. The summed E-state index contributed by atoms with van der Waals surface area (Å²) in [4.78, 5) is 0. The molecule has 0 atom stereocenters. The second-order valence-corrected chi connectivity index (χ2v) is 26.3. The van der Waals surface area contributed by atoms with Gasteiger partial charge in [-0.3, -0.25) is 0 Å². The van der Waals surface area contributed by atoms with Crippen molar-refractivity contribution in [3.8, 4) is 44.3 Å². The molecule has 0 radical (unpaired) electrons. The molecule has 4 heteroatoms. The van der Waals surface area contributed by atoms with Gasteiger partial charge in [-0.2, -0.15) is 0 Å². The van der Waals surface area contributed by atoms with Gasteiger partial charge in [0.25, 0.3) is 0 Å². The molecule has 0 aromatic heterocycles. The van der Waals surface area contributed by atoms with Crippen LogP contribution in [0.4, 0.5) is 0 Å². The molecule has 2 fully saturated rings. The van der Waals surface area contributed by atoms with Crippen LogP contribution in [0.5, 0.6) is 0 Å². The molecular formula is C26H40Si4. The van der Waals surface area contributed by atoms with E-state index in [9.17, 15) is 0 Å². The lowest BCUT2D eigenvalue weighted by atomic mass is 10.0. The van der Waals surface area contributed by atoms with Gasteiger partial charge < -0.3 is 0 Å². The minimum atomic E-state index is -1.93. The molecular weight excluding hydrogens is 425 g/mol. The largest absolute Gasteiger partial charge is 0.215 e. The Morgan fingerprint density at radius 3 is 0.933 bits per heavy atom. The third-order valence-corrected chi connectivity index (χ3v) is 18.4. The van der Waals surface area contributed by atoms with Crippen molar-refractivity contribution in [3.63, 3.8) is 0 Å². The molecule has 0 unspecified atom stereocenters. The summed E-state index contributed by atoms with van der Waals surface area (Å²) in [5.74, 6) is 0. The Balaban J connectivity index is 2.06. The van der Waals surface area contributed by atoms with Crippen LogP contribution in [0.3, 0.4) is 0 Å². The van der Waals surface area contributed by atoms with Crippen molar-refractivity contribution in [1.82, 2.24) is 0 Å². The van der Waals surface area contributed by atoms with Gasteiger partial charge in [0.15, 0.2) is 0 Å². The van der Waals surface area contributed by atoms with Crippen LogP contribution in [0.2, 0.25) is 50.4 Å². The number of hydrogen-bond donors (Lipinski definition) is 0. The molecule has 160 valence electrons. The molecule has 2 saturated carbocycles. The van der Waals surface area contributed by atoms with E-state index in [2.05, 4.69) is 83.6 Å². The van der Waals surface area contributed by atoms with Crippen LogP contribution in [-0.4, -0.2) is 32.3 Å². The predicted molar refractivity (Wildman–Crippen MR) is 143 cm³/mol. The first-order chi connectivity index (χ1) is 14.0. The van der Waals surface area contributed by atoms with E-state index >= 15 is 0 Å². The third-order valence-electron chi connectivity index (χ3n) is 7.38. The van der Waals surface area contributed by atoms with Gasteiger partial charge in [0.2, 0.25) is 32.3 Å². The summed E-state index contributed by atoms with van der Waals surface area (Å²) in [5.41, 5.74) is 32.2. The average molecular weight is 465 g/mol. The number of hydrogen-bond acceptors (Lipinski definition) is 0. The highest BCUT2D eigenvalue weighted by Gasteiger charge is 2.38. The molecule has 1 heterocycles. The van der Waals surface area contributed by atoms with Crippen LogP contribution < -0.4 is 0 Å². The summed E-state index contributed by atoms with van der Waals surface area (Å²) in [7, 11) is -7.64. The SMILES string of the molecule is C[Si]1(C)C#C[Si](C)(C2CCCCC2)C#C[Si](C)(C)C#C[Si](C)(C2CCCCC2)C#C1. The van der Waals surface area contributed by atoms with Crippen LogP contribution in [0.25, 0.3) is 0 Å². The first kappa shape index (κ1) is 23.8. The molecule has 3 aliphatic rings. The fourth-order valence-electron chi connectivity index (χ4n) is 5.04. The minimum absolute atomic E-state index is 0.742. The smallest absolute Gasteiger partial charge is 0.122 e. The molecule has 2 aliphatic carbocycles. The highest BCUT2D eigenvalue weighted by molar-refractivity contribution is 7.03. The van der Waals surface area contributed by atoms with Gasteiger partial charge >= 0.3 is 0 Å². The highest BCUT2D eigenvalue weighted by Crippen LogP contribution is 2.38. The van der Waals surface area contributed by atoms with Gasteiger partial charge in [-0.15, -0.1) is 44.3 Å². The monoisotopic (exact) mass is 464 g/mol. The van der Waals surface area contributed by atoms with E-state index in [4.69, 9.17) is 0 Å². The lowest BCUT2D eigenvalue weighted by Crippen LogP contribution is -2.40.